The van der Waals surface area contributed by atoms with E-state index in [0.29, 0.717) is 22.2 Å². The number of aliphatic hydroxyl groups excluding tert-OH is 1. The molecule has 16 heavy (non-hydrogen) atoms. The van der Waals surface area contributed by atoms with Gasteiger partial charge in [0.25, 0.3) is 0 Å². The fourth-order valence-electron chi connectivity index (χ4n) is 1.22. The summed E-state index contributed by atoms with van der Waals surface area (Å²) in [6.45, 7) is 2.01. The second-order valence-corrected chi connectivity index (χ2v) is 4.01. The Labute approximate surface area is 104 Å². The summed E-state index contributed by atoms with van der Waals surface area (Å²) in [6, 6.07) is 4.74. The predicted molar refractivity (Wildman–Crippen MR) is 62.7 cm³/mol. The summed E-state index contributed by atoms with van der Waals surface area (Å²) in [5.41, 5.74) is 0.544. The number of carbonyl (C=O) groups excluding carboxylic acids is 1. The Balaban J connectivity index is 2.69. The highest BCUT2D eigenvalue weighted by Gasteiger charge is 2.14. The van der Waals surface area contributed by atoms with E-state index < -0.39 is 12.1 Å². The Morgan fingerprint density at radius 1 is 1.44 bits per heavy atom. The van der Waals surface area contributed by atoms with E-state index in [-0.39, 0.29) is 6.42 Å². The lowest BCUT2D eigenvalue weighted by atomic mass is 10.1. The number of aliphatic hydroxyl groups is 1. The van der Waals surface area contributed by atoms with Gasteiger partial charge in [-0.1, -0.05) is 29.3 Å². The zero-order chi connectivity index (χ0) is 12.1. The number of carbonyl (C=O) groups is 1. The van der Waals surface area contributed by atoms with Crippen molar-refractivity contribution in [3.05, 3.63) is 33.8 Å². The third-order valence-electron chi connectivity index (χ3n) is 1.99. The van der Waals surface area contributed by atoms with Gasteiger partial charge in [-0.3, -0.25) is 4.79 Å². The maximum Gasteiger partial charge on any atom is 0.308 e. The van der Waals surface area contributed by atoms with Gasteiger partial charge < -0.3 is 9.84 Å². The minimum atomic E-state index is -0.922. The Hall–Kier alpha value is -0.770. The van der Waals surface area contributed by atoms with Gasteiger partial charge in [0.1, 0.15) is 0 Å². The van der Waals surface area contributed by atoms with E-state index in [1.54, 1.807) is 19.1 Å². The first-order chi connectivity index (χ1) is 7.54. The van der Waals surface area contributed by atoms with Crippen LogP contribution in [-0.4, -0.2) is 17.7 Å². The van der Waals surface area contributed by atoms with E-state index in [0.717, 1.165) is 0 Å². The van der Waals surface area contributed by atoms with Gasteiger partial charge in [0, 0.05) is 0 Å². The lowest BCUT2D eigenvalue weighted by Crippen LogP contribution is -2.10. The maximum absolute atomic E-state index is 11.1. The second kappa shape index (κ2) is 6.09. The summed E-state index contributed by atoms with van der Waals surface area (Å²) in [6.07, 6.45) is -1.01. The summed E-state index contributed by atoms with van der Waals surface area (Å²) >= 11 is 11.5. The van der Waals surface area contributed by atoms with Crippen molar-refractivity contribution in [2.45, 2.75) is 19.4 Å². The van der Waals surface area contributed by atoms with E-state index in [2.05, 4.69) is 0 Å². The van der Waals surface area contributed by atoms with Crippen LogP contribution in [0.3, 0.4) is 0 Å². The van der Waals surface area contributed by atoms with Crippen molar-refractivity contribution >= 4 is 29.2 Å². The average molecular weight is 263 g/mol. The molecule has 0 aliphatic rings. The zero-order valence-corrected chi connectivity index (χ0v) is 10.3. The van der Waals surface area contributed by atoms with Crippen LogP contribution in [0.25, 0.3) is 0 Å². The highest BCUT2D eigenvalue weighted by atomic mass is 35.5. The van der Waals surface area contributed by atoms with Crippen molar-refractivity contribution in [2.24, 2.45) is 0 Å². The molecule has 5 heteroatoms. The molecule has 0 saturated carbocycles. The number of halogens is 2. The molecular formula is C11H12Cl2O3. The van der Waals surface area contributed by atoms with Gasteiger partial charge in [-0.2, -0.15) is 0 Å². The highest BCUT2D eigenvalue weighted by molar-refractivity contribution is 6.42. The van der Waals surface area contributed by atoms with E-state index in [9.17, 15) is 9.90 Å². The molecule has 88 valence electrons. The van der Waals surface area contributed by atoms with Crippen LogP contribution < -0.4 is 0 Å². The fourth-order valence-corrected chi connectivity index (χ4v) is 1.52. The van der Waals surface area contributed by atoms with Gasteiger partial charge in [-0.05, 0) is 24.6 Å². The van der Waals surface area contributed by atoms with Crippen molar-refractivity contribution in [1.29, 1.82) is 0 Å². The van der Waals surface area contributed by atoms with Gasteiger partial charge in [-0.25, -0.2) is 0 Å². The van der Waals surface area contributed by atoms with Crippen LogP contribution in [0, 0.1) is 0 Å². The number of hydrogen-bond acceptors (Lipinski definition) is 3. The van der Waals surface area contributed by atoms with Crippen LogP contribution >= 0.6 is 23.2 Å². The number of hydrogen-bond donors (Lipinski definition) is 1. The topological polar surface area (TPSA) is 46.5 Å². The molecule has 1 N–H and O–H groups in total. The lowest BCUT2D eigenvalue weighted by Gasteiger charge is -2.10. The molecule has 1 aromatic carbocycles. The summed E-state index contributed by atoms with van der Waals surface area (Å²) in [5, 5.41) is 10.5. The molecule has 0 amide bonds. The molecule has 1 atom stereocenters. The van der Waals surface area contributed by atoms with Gasteiger partial charge in [0.05, 0.1) is 29.2 Å². The van der Waals surface area contributed by atoms with Gasteiger partial charge >= 0.3 is 5.97 Å². The van der Waals surface area contributed by atoms with Gasteiger partial charge in [-0.15, -0.1) is 0 Å². The van der Waals surface area contributed by atoms with Crippen LogP contribution in [0.2, 0.25) is 10.0 Å². The second-order valence-electron chi connectivity index (χ2n) is 3.20. The minimum absolute atomic E-state index is 0.0915. The largest absolute Gasteiger partial charge is 0.466 e. The summed E-state index contributed by atoms with van der Waals surface area (Å²) in [5.74, 6) is -0.443. The molecule has 0 fully saturated rings. The molecule has 0 spiro atoms. The molecule has 0 bridgehead atoms. The first kappa shape index (κ1) is 13.3. The summed E-state index contributed by atoms with van der Waals surface area (Å²) < 4.78 is 4.73. The Morgan fingerprint density at radius 2 is 2.12 bits per heavy atom. The highest BCUT2D eigenvalue weighted by Crippen LogP contribution is 2.26. The van der Waals surface area contributed by atoms with Crippen LogP contribution in [-0.2, 0) is 9.53 Å². The molecule has 0 heterocycles. The van der Waals surface area contributed by atoms with Crippen LogP contribution in [0.4, 0.5) is 0 Å². The van der Waals surface area contributed by atoms with Crippen molar-refractivity contribution < 1.29 is 14.6 Å². The molecule has 0 aliphatic heterocycles. The zero-order valence-electron chi connectivity index (χ0n) is 8.74. The maximum atomic E-state index is 11.1. The predicted octanol–water partition coefficient (Wildman–Crippen LogP) is 2.98. The number of rotatable bonds is 4. The first-order valence-corrected chi connectivity index (χ1v) is 5.58. The first-order valence-electron chi connectivity index (χ1n) is 4.83. The van der Waals surface area contributed by atoms with Crippen LogP contribution in [0.15, 0.2) is 18.2 Å². The Kier molecular flexibility index (Phi) is 5.06. The average Bonchev–Trinajstić information content (AvgIpc) is 2.22. The summed E-state index contributed by atoms with van der Waals surface area (Å²) in [7, 11) is 0. The number of esters is 1. The smallest absolute Gasteiger partial charge is 0.308 e. The molecule has 1 unspecified atom stereocenters. The molecule has 0 saturated heterocycles. The quantitative estimate of drug-likeness (QED) is 0.849. The third-order valence-corrected chi connectivity index (χ3v) is 2.73. The molecule has 1 aromatic rings. The number of ether oxygens (including phenoxy) is 1. The van der Waals surface area contributed by atoms with E-state index in [1.807, 2.05) is 0 Å². The molecule has 3 nitrogen and oxygen atoms in total. The van der Waals surface area contributed by atoms with E-state index in [4.69, 9.17) is 27.9 Å². The minimum Gasteiger partial charge on any atom is -0.466 e. The molecule has 0 aliphatic carbocycles. The van der Waals surface area contributed by atoms with Crippen LogP contribution in [0.1, 0.15) is 25.0 Å². The Bertz CT molecular complexity index is 379. The normalized spacial score (nSPS) is 12.2. The molecule has 0 aromatic heterocycles. The van der Waals surface area contributed by atoms with Crippen molar-refractivity contribution in [3.8, 4) is 0 Å². The Morgan fingerprint density at radius 3 is 2.69 bits per heavy atom. The van der Waals surface area contributed by atoms with E-state index >= 15 is 0 Å². The van der Waals surface area contributed by atoms with Crippen molar-refractivity contribution in [3.63, 3.8) is 0 Å². The standard InChI is InChI=1S/C11H12Cl2O3/c1-2-16-11(15)6-10(14)7-3-4-8(12)9(13)5-7/h3-5,10,14H,2,6H2,1H3. The van der Waals surface area contributed by atoms with Gasteiger partial charge in [0.15, 0.2) is 0 Å². The third kappa shape index (κ3) is 3.67. The van der Waals surface area contributed by atoms with Crippen molar-refractivity contribution in [1.82, 2.24) is 0 Å². The fraction of sp³-hybridized carbons (Fsp3) is 0.364. The molecule has 1 rings (SSSR count). The monoisotopic (exact) mass is 262 g/mol. The van der Waals surface area contributed by atoms with Crippen molar-refractivity contribution in [2.75, 3.05) is 6.61 Å². The molecule has 0 radical (unpaired) electrons. The summed E-state index contributed by atoms with van der Waals surface area (Å²) in [4.78, 5) is 11.1. The number of benzene rings is 1. The van der Waals surface area contributed by atoms with Crippen LogP contribution in [0.5, 0.6) is 0 Å². The SMILES string of the molecule is CCOC(=O)CC(O)c1ccc(Cl)c(Cl)c1. The lowest BCUT2D eigenvalue weighted by molar-refractivity contribution is -0.145. The molecular weight excluding hydrogens is 251 g/mol. The van der Waals surface area contributed by atoms with Gasteiger partial charge in [0.2, 0.25) is 0 Å². The van der Waals surface area contributed by atoms with E-state index in [1.165, 1.54) is 6.07 Å².